The van der Waals surface area contributed by atoms with Gasteiger partial charge in [-0.1, -0.05) is 74.4 Å². The van der Waals surface area contributed by atoms with Crippen molar-refractivity contribution in [1.82, 2.24) is 10.6 Å². The Balaban J connectivity index is 2.75. The summed E-state index contributed by atoms with van der Waals surface area (Å²) in [4.78, 5) is 36.7. The molecule has 0 aliphatic rings. The number of nitrogens with one attached hydrogen (secondary N) is 2. The molecule has 9 nitrogen and oxygen atoms in total. The second kappa shape index (κ2) is 15.7. The molecule has 0 heterocycles. The van der Waals surface area contributed by atoms with Gasteiger partial charge in [0.25, 0.3) is 0 Å². The predicted octanol–water partition coefficient (Wildman–Crippen LogP) is 5.77. The monoisotopic (exact) mass is 550 g/mol. The lowest BCUT2D eigenvalue weighted by Crippen LogP contribution is -2.32. The van der Waals surface area contributed by atoms with Gasteiger partial charge in [-0.3, -0.25) is 4.79 Å². The molecular weight excluding hydrogens is 500 g/mol. The first-order valence-electron chi connectivity index (χ1n) is 13.6. The number of hydrogen-bond acceptors (Lipinski definition) is 7. The van der Waals surface area contributed by atoms with Crippen LogP contribution in [0, 0.1) is 16.2 Å². The van der Waals surface area contributed by atoms with Crippen LogP contribution in [0.2, 0.25) is 0 Å². The molecule has 2 amide bonds. The molecule has 9 heteroatoms. The first kappa shape index (κ1) is 34.2. The van der Waals surface area contributed by atoms with E-state index in [-0.39, 0.29) is 42.5 Å². The van der Waals surface area contributed by atoms with Crippen LogP contribution in [0.5, 0.6) is 0 Å². The average molecular weight is 551 g/mol. The number of hydrogen-bond donors (Lipinski definition) is 2. The van der Waals surface area contributed by atoms with Gasteiger partial charge in [0, 0.05) is 19.7 Å². The third-order valence-corrected chi connectivity index (χ3v) is 5.21. The Morgan fingerprint density at radius 2 is 1.08 bits per heavy atom. The maximum Gasteiger partial charge on any atom is 0.407 e. The van der Waals surface area contributed by atoms with Gasteiger partial charge in [-0.15, -0.1) is 0 Å². The fourth-order valence-electron chi connectivity index (χ4n) is 3.10. The molecule has 0 aromatic heterocycles. The fraction of sp³-hybridized carbons (Fsp3) is 0.700. The molecule has 222 valence electrons. The normalized spacial score (nSPS) is 12.0. The van der Waals surface area contributed by atoms with Crippen LogP contribution in [0.4, 0.5) is 9.59 Å². The molecule has 0 aliphatic carbocycles. The van der Waals surface area contributed by atoms with Crippen molar-refractivity contribution >= 4 is 18.2 Å². The highest BCUT2D eigenvalue weighted by Gasteiger charge is 2.15. The van der Waals surface area contributed by atoms with Crippen molar-refractivity contribution in [3.05, 3.63) is 34.9 Å². The highest BCUT2D eigenvalue weighted by Crippen LogP contribution is 2.18. The van der Waals surface area contributed by atoms with E-state index in [0.29, 0.717) is 43.0 Å². The van der Waals surface area contributed by atoms with Gasteiger partial charge < -0.3 is 29.6 Å². The molecule has 1 aromatic rings. The van der Waals surface area contributed by atoms with Gasteiger partial charge >= 0.3 is 18.2 Å². The quantitative estimate of drug-likeness (QED) is 0.182. The number of amides is 2. The lowest BCUT2D eigenvalue weighted by Gasteiger charge is -2.19. The van der Waals surface area contributed by atoms with Crippen molar-refractivity contribution in [2.75, 3.05) is 32.9 Å². The van der Waals surface area contributed by atoms with Crippen LogP contribution < -0.4 is 10.6 Å². The number of carbonyl (C=O) groups excluding carboxylic acids is 3. The molecule has 0 aliphatic heterocycles. The molecule has 0 bridgehead atoms. The highest BCUT2D eigenvalue weighted by atomic mass is 16.6. The first-order chi connectivity index (χ1) is 17.9. The van der Waals surface area contributed by atoms with Gasteiger partial charge in [-0.25, -0.2) is 9.59 Å². The Bertz CT molecular complexity index is 872. The third kappa shape index (κ3) is 19.0. The Kier molecular flexibility index (Phi) is 13.8. The molecule has 0 radical (unpaired) electrons. The Morgan fingerprint density at radius 3 is 1.51 bits per heavy atom. The predicted molar refractivity (Wildman–Crippen MR) is 151 cm³/mol. The van der Waals surface area contributed by atoms with Crippen LogP contribution in [0.3, 0.4) is 0 Å². The van der Waals surface area contributed by atoms with Crippen LogP contribution in [-0.2, 0) is 43.4 Å². The Hall–Kier alpha value is -2.81. The van der Waals surface area contributed by atoms with Crippen LogP contribution in [0.1, 0.15) is 85.4 Å². The number of rotatable bonds is 13. The number of carbonyl (C=O) groups is 3. The second-order valence-corrected chi connectivity index (χ2v) is 13.5. The largest absolute Gasteiger partial charge is 0.463 e. The summed E-state index contributed by atoms with van der Waals surface area (Å²) in [5, 5.41) is 5.48. The van der Waals surface area contributed by atoms with Crippen molar-refractivity contribution in [2.45, 2.75) is 88.4 Å². The summed E-state index contributed by atoms with van der Waals surface area (Å²) in [7, 11) is 0. The van der Waals surface area contributed by atoms with Crippen LogP contribution in [0.15, 0.2) is 18.2 Å². The number of benzene rings is 1. The van der Waals surface area contributed by atoms with E-state index in [1.807, 2.05) is 41.5 Å². The maximum absolute atomic E-state index is 12.4. The topological polar surface area (TPSA) is 112 Å². The highest BCUT2D eigenvalue weighted by molar-refractivity contribution is 5.73. The minimum atomic E-state index is -0.527. The van der Waals surface area contributed by atoms with Crippen molar-refractivity contribution < 1.29 is 33.3 Å². The standard InChI is InChI=1S/C30H50N2O7/c1-28(2,3)10-11-36-12-13-37-25(33)17-22-14-23(18-38-26(34)31-20-29(4,5)6)16-24(15-22)19-39-27(35)32-21-30(7,8)9/h14-16H,10-13,17-21H2,1-9H3,(H,31,34)(H,32,35). The van der Waals surface area contributed by atoms with E-state index in [2.05, 4.69) is 31.4 Å². The number of esters is 1. The van der Waals surface area contributed by atoms with Gasteiger partial charge in [0.05, 0.1) is 13.0 Å². The second-order valence-electron chi connectivity index (χ2n) is 13.5. The van der Waals surface area contributed by atoms with Gasteiger partial charge in [-0.2, -0.15) is 0 Å². The van der Waals surface area contributed by atoms with Crippen LogP contribution >= 0.6 is 0 Å². The van der Waals surface area contributed by atoms with E-state index >= 15 is 0 Å². The van der Waals surface area contributed by atoms with Gasteiger partial charge in [0.15, 0.2) is 0 Å². The molecule has 0 saturated heterocycles. The zero-order valence-electron chi connectivity index (χ0n) is 25.5. The zero-order chi connectivity index (χ0) is 29.7. The summed E-state index contributed by atoms with van der Waals surface area (Å²) in [6.45, 7) is 20.6. The zero-order valence-corrected chi connectivity index (χ0v) is 25.5. The molecule has 0 atom stereocenters. The van der Waals surface area contributed by atoms with E-state index in [1.54, 1.807) is 18.2 Å². The summed E-state index contributed by atoms with van der Waals surface area (Å²) in [5.74, 6) is -0.398. The lowest BCUT2D eigenvalue weighted by atomic mass is 9.93. The maximum atomic E-state index is 12.4. The van der Waals surface area contributed by atoms with Crippen molar-refractivity contribution in [3.63, 3.8) is 0 Å². The third-order valence-electron chi connectivity index (χ3n) is 5.21. The molecular formula is C30H50N2O7. The molecule has 2 N–H and O–H groups in total. The van der Waals surface area contributed by atoms with Crippen LogP contribution in [-0.4, -0.2) is 51.1 Å². The molecule has 1 rings (SSSR count). The van der Waals surface area contributed by atoms with E-state index in [0.717, 1.165) is 6.42 Å². The molecule has 0 fully saturated rings. The minimum absolute atomic E-state index is 0.00367. The summed E-state index contributed by atoms with van der Waals surface area (Å²) >= 11 is 0. The van der Waals surface area contributed by atoms with E-state index in [9.17, 15) is 14.4 Å². The van der Waals surface area contributed by atoms with Crippen molar-refractivity contribution in [2.24, 2.45) is 16.2 Å². The number of alkyl carbamates (subject to hydrolysis) is 2. The summed E-state index contributed by atoms with van der Waals surface area (Å²) in [6.07, 6.45) is -0.112. The van der Waals surface area contributed by atoms with Gasteiger partial charge in [0.1, 0.15) is 19.8 Å². The molecule has 39 heavy (non-hydrogen) atoms. The van der Waals surface area contributed by atoms with Gasteiger partial charge in [0.2, 0.25) is 0 Å². The van der Waals surface area contributed by atoms with E-state index in [4.69, 9.17) is 18.9 Å². The molecule has 1 aromatic carbocycles. The summed E-state index contributed by atoms with van der Waals surface area (Å²) in [5.41, 5.74) is 2.05. The molecule has 0 spiro atoms. The average Bonchev–Trinajstić information content (AvgIpc) is 2.79. The van der Waals surface area contributed by atoms with Gasteiger partial charge in [-0.05, 0) is 45.4 Å². The smallest absolute Gasteiger partial charge is 0.407 e. The summed E-state index contributed by atoms with van der Waals surface area (Å²) in [6, 6.07) is 5.34. The Morgan fingerprint density at radius 1 is 0.615 bits per heavy atom. The van der Waals surface area contributed by atoms with Crippen molar-refractivity contribution in [3.8, 4) is 0 Å². The molecule has 0 unspecified atom stereocenters. The molecule has 0 saturated carbocycles. The SMILES string of the molecule is CC(C)(C)CCOCCOC(=O)Cc1cc(COC(=O)NCC(C)(C)C)cc(COC(=O)NCC(C)(C)C)c1. The summed E-state index contributed by atoms with van der Waals surface area (Å²) < 4.78 is 21.6. The Labute approximate surface area is 234 Å². The first-order valence-corrected chi connectivity index (χ1v) is 13.6. The van der Waals surface area contributed by atoms with E-state index < -0.39 is 18.2 Å². The van der Waals surface area contributed by atoms with Crippen LogP contribution in [0.25, 0.3) is 0 Å². The lowest BCUT2D eigenvalue weighted by molar-refractivity contribution is -0.144. The minimum Gasteiger partial charge on any atom is -0.463 e. The number of ether oxygens (including phenoxy) is 4. The van der Waals surface area contributed by atoms with E-state index in [1.165, 1.54) is 0 Å². The van der Waals surface area contributed by atoms with Crippen molar-refractivity contribution in [1.29, 1.82) is 0 Å². The fourth-order valence-corrected chi connectivity index (χ4v) is 3.10.